The fourth-order valence-corrected chi connectivity index (χ4v) is 4.25. The Morgan fingerprint density at radius 1 is 1.08 bits per heavy atom. The highest BCUT2D eigenvalue weighted by Gasteiger charge is 2.29. The van der Waals surface area contributed by atoms with Crippen molar-refractivity contribution in [3.63, 3.8) is 0 Å². The van der Waals surface area contributed by atoms with Gasteiger partial charge in [-0.25, -0.2) is 0 Å². The predicted molar refractivity (Wildman–Crippen MR) is 97.7 cm³/mol. The number of aromatic nitrogens is 2. The first-order valence-corrected chi connectivity index (χ1v) is 9.67. The van der Waals surface area contributed by atoms with E-state index >= 15 is 0 Å². The minimum atomic E-state index is -0.224. The number of amides is 1. The van der Waals surface area contributed by atoms with Crippen molar-refractivity contribution >= 4 is 22.4 Å². The standard InChI is InChI=1S/C18H22N4O2S/c23-17(15-8-4-13-24-15)21-9-5-10-22(12-11-21)18-20-19-16(25-18)14-6-2-1-3-7-14/h1-3,6-7,15H,4-5,8-13H2. The molecule has 7 heteroatoms. The van der Waals surface area contributed by atoms with Crippen molar-refractivity contribution in [2.75, 3.05) is 37.7 Å². The summed E-state index contributed by atoms with van der Waals surface area (Å²) < 4.78 is 5.55. The molecule has 2 aliphatic heterocycles. The van der Waals surface area contributed by atoms with Gasteiger partial charge in [0, 0.05) is 38.3 Å². The van der Waals surface area contributed by atoms with E-state index in [1.165, 1.54) is 0 Å². The molecule has 0 N–H and O–H groups in total. The molecule has 0 radical (unpaired) electrons. The Hall–Kier alpha value is -1.99. The zero-order chi connectivity index (χ0) is 17.1. The van der Waals surface area contributed by atoms with Crippen LogP contribution in [0.2, 0.25) is 0 Å². The average Bonchev–Trinajstić information content (AvgIpc) is 3.30. The Morgan fingerprint density at radius 3 is 2.76 bits per heavy atom. The van der Waals surface area contributed by atoms with Crippen LogP contribution in [0.25, 0.3) is 10.6 Å². The van der Waals surface area contributed by atoms with E-state index in [0.717, 1.165) is 61.1 Å². The summed E-state index contributed by atoms with van der Waals surface area (Å²) >= 11 is 1.61. The summed E-state index contributed by atoms with van der Waals surface area (Å²) in [4.78, 5) is 16.7. The van der Waals surface area contributed by atoms with Crippen LogP contribution < -0.4 is 4.90 Å². The van der Waals surface area contributed by atoms with Gasteiger partial charge in [-0.1, -0.05) is 41.7 Å². The smallest absolute Gasteiger partial charge is 0.251 e. The molecule has 2 saturated heterocycles. The number of anilines is 1. The van der Waals surface area contributed by atoms with Gasteiger partial charge in [0.15, 0.2) is 0 Å². The Kier molecular flexibility index (Phi) is 4.94. The molecule has 0 spiro atoms. The molecule has 1 amide bonds. The van der Waals surface area contributed by atoms with Crippen molar-refractivity contribution < 1.29 is 9.53 Å². The third-order valence-electron chi connectivity index (χ3n) is 4.72. The molecule has 4 rings (SSSR count). The van der Waals surface area contributed by atoms with Crippen molar-refractivity contribution in [1.82, 2.24) is 15.1 Å². The molecular formula is C18H22N4O2S. The van der Waals surface area contributed by atoms with E-state index in [1.54, 1.807) is 11.3 Å². The second kappa shape index (κ2) is 7.49. The van der Waals surface area contributed by atoms with E-state index in [4.69, 9.17) is 4.74 Å². The second-order valence-electron chi connectivity index (χ2n) is 6.42. The largest absolute Gasteiger partial charge is 0.368 e. The monoisotopic (exact) mass is 358 g/mol. The van der Waals surface area contributed by atoms with Crippen molar-refractivity contribution in [2.24, 2.45) is 0 Å². The van der Waals surface area contributed by atoms with Crippen LogP contribution in [-0.2, 0) is 9.53 Å². The Labute approximate surface area is 151 Å². The lowest BCUT2D eigenvalue weighted by atomic mass is 10.2. The average molecular weight is 358 g/mol. The SMILES string of the molecule is O=C(C1CCCO1)N1CCCN(c2nnc(-c3ccccc3)s2)CC1. The molecule has 1 unspecified atom stereocenters. The van der Waals surface area contributed by atoms with Gasteiger partial charge in [0.25, 0.3) is 5.91 Å². The molecule has 2 aromatic rings. The number of rotatable bonds is 3. The van der Waals surface area contributed by atoms with Crippen LogP contribution in [0.15, 0.2) is 30.3 Å². The van der Waals surface area contributed by atoms with Crippen molar-refractivity contribution in [2.45, 2.75) is 25.4 Å². The zero-order valence-corrected chi connectivity index (χ0v) is 15.0. The van der Waals surface area contributed by atoms with Crippen molar-refractivity contribution in [1.29, 1.82) is 0 Å². The van der Waals surface area contributed by atoms with E-state index in [9.17, 15) is 4.79 Å². The zero-order valence-electron chi connectivity index (χ0n) is 14.1. The third kappa shape index (κ3) is 3.67. The highest BCUT2D eigenvalue weighted by molar-refractivity contribution is 7.18. The van der Waals surface area contributed by atoms with Gasteiger partial charge >= 0.3 is 0 Å². The number of hydrogen-bond donors (Lipinski definition) is 0. The van der Waals surface area contributed by atoms with Crippen LogP contribution in [0.3, 0.4) is 0 Å². The molecule has 1 aromatic carbocycles. The van der Waals surface area contributed by atoms with Gasteiger partial charge in [0.05, 0.1) is 0 Å². The van der Waals surface area contributed by atoms with Crippen LogP contribution in [0.1, 0.15) is 19.3 Å². The summed E-state index contributed by atoms with van der Waals surface area (Å²) in [6.07, 6.45) is 2.57. The van der Waals surface area contributed by atoms with E-state index in [-0.39, 0.29) is 12.0 Å². The fourth-order valence-electron chi connectivity index (χ4n) is 3.35. The van der Waals surface area contributed by atoms with Gasteiger partial charge in [-0.05, 0) is 19.3 Å². The number of nitrogens with zero attached hydrogens (tertiary/aromatic N) is 4. The summed E-state index contributed by atoms with van der Waals surface area (Å²) in [6.45, 7) is 3.92. The lowest BCUT2D eigenvalue weighted by Gasteiger charge is -2.23. The molecule has 2 fully saturated rings. The summed E-state index contributed by atoms with van der Waals surface area (Å²) in [5.41, 5.74) is 1.09. The van der Waals surface area contributed by atoms with Crippen LogP contribution in [0.4, 0.5) is 5.13 Å². The van der Waals surface area contributed by atoms with Crippen LogP contribution >= 0.6 is 11.3 Å². The van der Waals surface area contributed by atoms with Gasteiger partial charge in [-0.3, -0.25) is 4.79 Å². The Balaban J connectivity index is 1.41. The first-order chi connectivity index (χ1) is 12.3. The molecule has 3 heterocycles. The summed E-state index contributed by atoms with van der Waals surface area (Å²) in [5.74, 6) is 0.154. The normalized spacial score (nSPS) is 21.4. The second-order valence-corrected chi connectivity index (χ2v) is 7.38. The summed E-state index contributed by atoms with van der Waals surface area (Å²) in [5, 5.41) is 10.6. The topological polar surface area (TPSA) is 58.6 Å². The molecule has 132 valence electrons. The molecule has 0 bridgehead atoms. The minimum absolute atomic E-state index is 0.154. The molecule has 1 atom stereocenters. The predicted octanol–water partition coefficient (Wildman–Crippen LogP) is 2.42. The highest BCUT2D eigenvalue weighted by atomic mass is 32.1. The van der Waals surface area contributed by atoms with Crippen molar-refractivity contribution in [3.8, 4) is 10.6 Å². The third-order valence-corrected chi connectivity index (χ3v) is 5.75. The fraction of sp³-hybridized carbons (Fsp3) is 0.500. The molecule has 0 aliphatic carbocycles. The minimum Gasteiger partial charge on any atom is -0.368 e. The Morgan fingerprint density at radius 2 is 1.96 bits per heavy atom. The molecule has 25 heavy (non-hydrogen) atoms. The Bertz CT molecular complexity index is 715. The number of carbonyl (C=O) groups is 1. The molecule has 0 saturated carbocycles. The first-order valence-electron chi connectivity index (χ1n) is 8.85. The van der Waals surface area contributed by atoms with Gasteiger partial charge in [0.1, 0.15) is 11.1 Å². The van der Waals surface area contributed by atoms with Gasteiger partial charge in [-0.2, -0.15) is 0 Å². The molecular weight excluding hydrogens is 336 g/mol. The maximum Gasteiger partial charge on any atom is 0.251 e. The molecule has 2 aliphatic rings. The first kappa shape index (κ1) is 16.5. The van der Waals surface area contributed by atoms with Crippen LogP contribution in [-0.4, -0.2) is 59.9 Å². The summed E-state index contributed by atoms with van der Waals surface area (Å²) in [6, 6.07) is 10.1. The highest BCUT2D eigenvalue weighted by Crippen LogP contribution is 2.29. The van der Waals surface area contributed by atoms with E-state index < -0.39 is 0 Å². The van der Waals surface area contributed by atoms with E-state index in [2.05, 4.69) is 27.2 Å². The molecule has 6 nitrogen and oxygen atoms in total. The van der Waals surface area contributed by atoms with E-state index in [0.29, 0.717) is 6.61 Å². The summed E-state index contributed by atoms with van der Waals surface area (Å²) in [7, 11) is 0. The van der Waals surface area contributed by atoms with Gasteiger partial charge in [0.2, 0.25) is 5.13 Å². The van der Waals surface area contributed by atoms with Gasteiger partial charge in [-0.15, -0.1) is 10.2 Å². The maximum absolute atomic E-state index is 12.5. The number of hydrogen-bond acceptors (Lipinski definition) is 6. The number of carbonyl (C=O) groups excluding carboxylic acids is 1. The lowest BCUT2D eigenvalue weighted by Crippen LogP contribution is -2.41. The lowest BCUT2D eigenvalue weighted by molar-refractivity contribution is -0.140. The van der Waals surface area contributed by atoms with Crippen LogP contribution in [0.5, 0.6) is 0 Å². The van der Waals surface area contributed by atoms with Gasteiger partial charge < -0.3 is 14.5 Å². The number of benzene rings is 1. The quantitative estimate of drug-likeness (QED) is 0.843. The van der Waals surface area contributed by atoms with Crippen LogP contribution in [0, 0.1) is 0 Å². The molecule has 1 aromatic heterocycles. The maximum atomic E-state index is 12.5. The van der Waals surface area contributed by atoms with Crippen molar-refractivity contribution in [3.05, 3.63) is 30.3 Å². The van der Waals surface area contributed by atoms with E-state index in [1.807, 2.05) is 23.1 Å². The number of ether oxygens (including phenoxy) is 1.